The molecule has 4 aliphatic carbocycles. The molecular formula is C21H29N5O3. The van der Waals surface area contributed by atoms with Crippen molar-refractivity contribution in [1.82, 2.24) is 9.88 Å². The third-order valence-electron chi connectivity index (χ3n) is 7.53. The Morgan fingerprint density at radius 3 is 2.62 bits per heavy atom. The van der Waals surface area contributed by atoms with Crippen molar-refractivity contribution in [2.45, 2.75) is 50.7 Å². The fraction of sp³-hybridized carbons (Fsp3) is 0.667. The Morgan fingerprint density at radius 2 is 1.97 bits per heavy atom. The quantitative estimate of drug-likeness (QED) is 0.711. The van der Waals surface area contributed by atoms with E-state index in [0.717, 1.165) is 44.3 Å². The molecule has 8 nitrogen and oxygen atoms in total. The van der Waals surface area contributed by atoms with Crippen LogP contribution in [0.1, 0.15) is 38.5 Å². The Balaban J connectivity index is 1.19. The van der Waals surface area contributed by atoms with Crippen LogP contribution in [0.3, 0.4) is 0 Å². The molecule has 0 radical (unpaired) electrons. The predicted octanol–water partition coefficient (Wildman–Crippen LogP) is 1.97. The van der Waals surface area contributed by atoms with Gasteiger partial charge in [-0.25, -0.2) is 9.78 Å². The summed E-state index contributed by atoms with van der Waals surface area (Å²) in [5.74, 6) is 1.70. The number of nitrogen functional groups attached to an aromatic ring is 1. The van der Waals surface area contributed by atoms with Crippen LogP contribution in [0.25, 0.3) is 0 Å². The fourth-order valence-corrected chi connectivity index (χ4v) is 6.41. The normalized spacial score (nSPS) is 37.5. The number of rotatable bonds is 4. The lowest BCUT2D eigenvalue weighted by atomic mass is 9.48. The maximum absolute atomic E-state index is 12.8. The molecule has 5 aliphatic rings. The number of carbonyl (C=O) groups is 2. The minimum Gasteiger partial charge on any atom is -0.446 e. The molecule has 5 N–H and O–H groups in total. The van der Waals surface area contributed by atoms with Crippen LogP contribution in [0.2, 0.25) is 0 Å². The van der Waals surface area contributed by atoms with E-state index in [2.05, 4.69) is 10.3 Å². The van der Waals surface area contributed by atoms with Gasteiger partial charge in [0.15, 0.2) is 0 Å². The number of primary amides is 1. The van der Waals surface area contributed by atoms with Crippen LogP contribution < -0.4 is 16.8 Å². The summed E-state index contributed by atoms with van der Waals surface area (Å²) < 4.78 is 6.03. The third kappa shape index (κ3) is 3.28. The zero-order chi connectivity index (χ0) is 20.2. The molecule has 2 unspecified atom stereocenters. The monoisotopic (exact) mass is 399 g/mol. The second-order valence-electron chi connectivity index (χ2n) is 9.52. The van der Waals surface area contributed by atoms with Crippen LogP contribution in [0, 0.1) is 23.2 Å². The summed E-state index contributed by atoms with van der Waals surface area (Å²) in [6, 6.07) is 3.80. The summed E-state index contributed by atoms with van der Waals surface area (Å²) in [6.45, 7) is 1.27. The lowest BCUT2D eigenvalue weighted by molar-refractivity contribution is -0.161. The highest BCUT2D eigenvalue weighted by atomic mass is 16.6. The number of hydrogen-bond donors (Lipinski definition) is 3. The molecule has 6 rings (SSSR count). The summed E-state index contributed by atoms with van der Waals surface area (Å²) in [5, 5.41) is 3.36. The smallest absolute Gasteiger partial charge is 0.410 e. The molecule has 2 amide bonds. The Hall–Kier alpha value is -2.51. The largest absolute Gasteiger partial charge is 0.446 e. The molecule has 2 heterocycles. The van der Waals surface area contributed by atoms with Gasteiger partial charge in [0.2, 0.25) is 5.91 Å². The van der Waals surface area contributed by atoms with Gasteiger partial charge in [0.05, 0.1) is 17.3 Å². The van der Waals surface area contributed by atoms with Crippen molar-refractivity contribution in [2.75, 3.05) is 24.1 Å². The third-order valence-corrected chi connectivity index (χ3v) is 7.53. The number of carbonyl (C=O) groups excluding carboxylic acids is 2. The van der Waals surface area contributed by atoms with Crippen LogP contribution in [0.4, 0.5) is 16.3 Å². The number of anilines is 2. The van der Waals surface area contributed by atoms with E-state index < -0.39 is 0 Å². The minimum atomic E-state index is -0.353. The van der Waals surface area contributed by atoms with E-state index in [1.165, 1.54) is 0 Å². The van der Waals surface area contributed by atoms with E-state index in [4.69, 9.17) is 16.2 Å². The average molecular weight is 399 g/mol. The van der Waals surface area contributed by atoms with Crippen molar-refractivity contribution in [3.8, 4) is 0 Å². The second kappa shape index (κ2) is 6.78. The van der Waals surface area contributed by atoms with Gasteiger partial charge >= 0.3 is 6.09 Å². The summed E-state index contributed by atoms with van der Waals surface area (Å²) >= 11 is 0. The molecule has 0 aromatic carbocycles. The Morgan fingerprint density at radius 1 is 1.21 bits per heavy atom. The Bertz CT molecular complexity index is 797. The van der Waals surface area contributed by atoms with E-state index in [1.54, 1.807) is 11.1 Å². The molecule has 3 atom stereocenters. The second-order valence-corrected chi connectivity index (χ2v) is 9.52. The molecule has 1 aliphatic heterocycles. The van der Waals surface area contributed by atoms with Crippen molar-refractivity contribution in [1.29, 1.82) is 0 Å². The first-order chi connectivity index (χ1) is 13.9. The van der Waals surface area contributed by atoms with Crippen LogP contribution >= 0.6 is 0 Å². The first-order valence-corrected chi connectivity index (χ1v) is 10.7. The zero-order valence-electron chi connectivity index (χ0n) is 16.5. The van der Waals surface area contributed by atoms with Crippen molar-refractivity contribution in [3.63, 3.8) is 0 Å². The van der Waals surface area contributed by atoms with E-state index in [-0.39, 0.29) is 41.4 Å². The minimum absolute atomic E-state index is 0.0719. The molecule has 0 spiro atoms. The van der Waals surface area contributed by atoms with Crippen LogP contribution in [-0.2, 0) is 9.53 Å². The van der Waals surface area contributed by atoms with Crippen molar-refractivity contribution >= 4 is 23.5 Å². The zero-order valence-corrected chi connectivity index (χ0v) is 16.5. The summed E-state index contributed by atoms with van der Waals surface area (Å²) in [5.41, 5.74) is 11.7. The first kappa shape index (κ1) is 18.5. The molecule has 156 valence electrons. The number of ether oxygens (including phenoxy) is 1. The predicted molar refractivity (Wildman–Crippen MR) is 108 cm³/mol. The Labute approximate surface area is 170 Å². The van der Waals surface area contributed by atoms with Gasteiger partial charge in [-0.2, -0.15) is 0 Å². The van der Waals surface area contributed by atoms with Crippen LogP contribution in [-0.4, -0.2) is 47.1 Å². The average Bonchev–Trinajstić information content (AvgIpc) is 3.14. The molecule has 5 fully saturated rings. The lowest BCUT2D eigenvalue weighted by Gasteiger charge is -2.58. The van der Waals surface area contributed by atoms with E-state index >= 15 is 0 Å². The van der Waals surface area contributed by atoms with Gasteiger partial charge in [0, 0.05) is 19.1 Å². The van der Waals surface area contributed by atoms with Crippen molar-refractivity contribution in [3.05, 3.63) is 18.3 Å². The standard InChI is InChI=1S/C21H29N5O3/c22-15-1-2-17(24-10-15)25-16-3-4-26(11-16)20(28)29-18-13-5-12-6-14(18)9-21(7-12,8-13)19(23)27/h1-2,10,12-14,16,18H,3-9,11,22H2,(H2,23,27)(H,24,25)/t12?,13?,14?,16-,18-,21-/m0/s1. The number of pyridine rings is 1. The highest BCUT2D eigenvalue weighted by molar-refractivity contribution is 5.81. The number of nitrogens with zero attached hydrogens (tertiary/aromatic N) is 2. The first-order valence-electron chi connectivity index (χ1n) is 10.7. The van der Waals surface area contributed by atoms with E-state index in [9.17, 15) is 9.59 Å². The topological polar surface area (TPSA) is 124 Å². The molecule has 1 saturated heterocycles. The summed E-state index contributed by atoms with van der Waals surface area (Å²) in [7, 11) is 0. The molecular weight excluding hydrogens is 370 g/mol. The summed E-state index contributed by atoms with van der Waals surface area (Å²) in [4.78, 5) is 31.0. The van der Waals surface area contributed by atoms with E-state index in [0.29, 0.717) is 24.7 Å². The lowest BCUT2D eigenvalue weighted by Crippen LogP contribution is -2.59. The molecule has 29 heavy (non-hydrogen) atoms. The number of amides is 2. The highest BCUT2D eigenvalue weighted by Gasteiger charge is 2.59. The van der Waals surface area contributed by atoms with Gasteiger partial charge in [-0.1, -0.05) is 0 Å². The maximum Gasteiger partial charge on any atom is 0.410 e. The van der Waals surface area contributed by atoms with Gasteiger partial charge < -0.3 is 26.4 Å². The molecule has 1 aromatic heterocycles. The van der Waals surface area contributed by atoms with Crippen LogP contribution in [0.5, 0.6) is 0 Å². The van der Waals surface area contributed by atoms with E-state index in [1.807, 2.05) is 12.1 Å². The maximum atomic E-state index is 12.8. The Kier molecular flexibility index (Phi) is 4.33. The number of likely N-dealkylation sites (tertiary alicyclic amines) is 1. The molecule has 4 saturated carbocycles. The summed E-state index contributed by atoms with van der Waals surface area (Å²) in [6.07, 6.45) is 6.75. The number of hydrogen-bond acceptors (Lipinski definition) is 6. The van der Waals surface area contributed by atoms with Gasteiger partial charge in [0.25, 0.3) is 0 Å². The molecule has 4 bridgehead atoms. The van der Waals surface area contributed by atoms with Crippen LogP contribution in [0.15, 0.2) is 18.3 Å². The van der Waals surface area contributed by atoms with Gasteiger partial charge in [-0.05, 0) is 68.4 Å². The number of nitrogens with two attached hydrogens (primary N) is 2. The number of aromatic nitrogens is 1. The highest BCUT2D eigenvalue weighted by Crippen LogP contribution is 2.60. The fourth-order valence-electron chi connectivity index (χ4n) is 6.41. The van der Waals surface area contributed by atoms with Gasteiger partial charge in [0.1, 0.15) is 11.9 Å². The molecule has 8 heteroatoms. The van der Waals surface area contributed by atoms with Gasteiger partial charge in [-0.15, -0.1) is 0 Å². The number of nitrogens with one attached hydrogen (secondary N) is 1. The molecule has 1 aromatic rings. The van der Waals surface area contributed by atoms with Crippen molar-refractivity contribution in [2.24, 2.45) is 28.9 Å². The SMILES string of the molecule is Nc1ccc(N[C@H]2CCN(C(=O)O[C@H]3C4CC5CC3C[C@](C(N)=O)(C5)C4)C2)nc1. The van der Waals surface area contributed by atoms with Gasteiger partial charge in [-0.3, -0.25) is 4.79 Å². The van der Waals surface area contributed by atoms with Crippen molar-refractivity contribution < 1.29 is 14.3 Å².